The summed E-state index contributed by atoms with van der Waals surface area (Å²) in [4.78, 5) is 12.6. The predicted octanol–water partition coefficient (Wildman–Crippen LogP) is 0.747. The molecule has 18 heavy (non-hydrogen) atoms. The van der Waals surface area contributed by atoms with Crippen molar-refractivity contribution in [2.45, 2.75) is 12.6 Å². The molecule has 0 spiro atoms. The maximum absolute atomic E-state index is 11.2. The molecular weight excluding hydrogens is 232 g/mol. The van der Waals surface area contributed by atoms with Gasteiger partial charge >= 0.3 is 6.09 Å². The van der Waals surface area contributed by atoms with Crippen molar-refractivity contribution in [1.82, 2.24) is 10.2 Å². The highest BCUT2D eigenvalue weighted by Gasteiger charge is 2.28. The number of hydrogen-bond donors (Lipinski definition) is 3. The molecule has 0 radical (unpaired) electrons. The normalized spacial score (nSPS) is 22.9. The molecule has 1 heterocycles. The van der Waals surface area contributed by atoms with Crippen LogP contribution in [-0.4, -0.2) is 46.9 Å². The standard InChI is InChI=1S/C13H18N2O3/c16-12-7-14-6-11(12)9-15(13(17)18)8-10-4-2-1-3-5-10/h1-5,11-12,14,16H,6-9H2,(H,17,18). The van der Waals surface area contributed by atoms with Crippen molar-refractivity contribution >= 4 is 6.09 Å². The Morgan fingerprint density at radius 3 is 2.61 bits per heavy atom. The lowest BCUT2D eigenvalue weighted by atomic mass is 10.1. The van der Waals surface area contributed by atoms with Gasteiger partial charge < -0.3 is 20.4 Å². The van der Waals surface area contributed by atoms with Crippen LogP contribution in [-0.2, 0) is 6.54 Å². The smallest absolute Gasteiger partial charge is 0.407 e. The minimum absolute atomic E-state index is 0.0233. The zero-order valence-corrected chi connectivity index (χ0v) is 10.1. The van der Waals surface area contributed by atoms with E-state index in [1.54, 1.807) is 0 Å². The van der Waals surface area contributed by atoms with Crippen molar-refractivity contribution in [3.05, 3.63) is 35.9 Å². The molecule has 5 heteroatoms. The molecule has 1 aromatic rings. The Balaban J connectivity index is 1.98. The minimum atomic E-state index is -0.946. The average molecular weight is 250 g/mol. The van der Waals surface area contributed by atoms with Gasteiger partial charge in [0.05, 0.1) is 6.10 Å². The van der Waals surface area contributed by atoms with Crippen molar-refractivity contribution in [1.29, 1.82) is 0 Å². The van der Waals surface area contributed by atoms with Crippen molar-refractivity contribution in [2.75, 3.05) is 19.6 Å². The first-order chi connectivity index (χ1) is 8.66. The molecule has 1 aliphatic rings. The molecular formula is C13H18N2O3. The lowest BCUT2D eigenvalue weighted by molar-refractivity contribution is 0.1000. The first-order valence-corrected chi connectivity index (χ1v) is 6.07. The van der Waals surface area contributed by atoms with Gasteiger partial charge in [-0.3, -0.25) is 0 Å². The molecule has 98 valence electrons. The van der Waals surface area contributed by atoms with Crippen LogP contribution in [0.1, 0.15) is 5.56 Å². The van der Waals surface area contributed by atoms with Crippen LogP contribution in [0.5, 0.6) is 0 Å². The summed E-state index contributed by atoms with van der Waals surface area (Å²) in [5.74, 6) is -0.0233. The van der Waals surface area contributed by atoms with E-state index in [0.717, 1.165) is 5.56 Å². The number of amides is 1. The van der Waals surface area contributed by atoms with Crippen LogP contribution in [0.15, 0.2) is 30.3 Å². The highest BCUT2D eigenvalue weighted by molar-refractivity contribution is 5.65. The number of aliphatic hydroxyl groups excluding tert-OH is 1. The molecule has 1 aromatic carbocycles. The zero-order chi connectivity index (χ0) is 13.0. The SMILES string of the molecule is O=C(O)N(Cc1ccccc1)CC1CNCC1O. The second-order valence-electron chi connectivity index (χ2n) is 4.63. The number of nitrogens with one attached hydrogen (secondary N) is 1. The Morgan fingerprint density at radius 1 is 1.33 bits per heavy atom. The lowest BCUT2D eigenvalue weighted by Crippen LogP contribution is -2.37. The van der Waals surface area contributed by atoms with E-state index in [4.69, 9.17) is 0 Å². The number of nitrogens with zero attached hydrogens (tertiary/aromatic N) is 1. The van der Waals surface area contributed by atoms with Crippen LogP contribution in [0.2, 0.25) is 0 Å². The van der Waals surface area contributed by atoms with Gasteiger partial charge in [-0.25, -0.2) is 4.79 Å². The summed E-state index contributed by atoms with van der Waals surface area (Å²) in [6, 6.07) is 9.49. The van der Waals surface area contributed by atoms with Crippen molar-refractivity contribution in [3.63, 3.8) is 0 Å². The van der Waals surface area contributed by atoms with E-state index in [0.29, 0.717) is 26.2 Å². The van der Waals surface area contributed by atoms with Gasteiger partial charge in [0.1, 0.15) is 0 Å². The van der Waals surface area contributed by atoms with Gasteiger partial charge in [-0.2, -0.15) is 0 Å². The summed E-state index contributed by atoms with van der Waals surface area (Å²) < 4.78 is 0. The summed E-state index contributed by atoms with van der Waals surface area (Å²) in [7, 11) is 0. The topological polar surface area (TPSA) is 72.8 Å². The maximum atomic E-state index is 11.2. The van der Waals surface area contributed by atoms with Crippen LogP contribution >= 0.6 is 0 Å². The van der Waals surface area contributed by atoms with E-state index >= 15 is 0 Å². The van der Waals surface area contributed by atoms with Crippen LogP contribution < -0.4 is 5.32 Å². The highest BCUT2D eigenvalue weighted by atomic mass is 16.4. The van der Waals surface area contributed by atoms with E-state index in [1.165, 1.54) is 4.90 Å². The number of benzene rings is 1. The number of rotatable bonds is 4. The molecule has 0 bridgehead atoms. The second-order valence-corrected chi connectivity index (χ2v) is 4.63. The van der Waals surface area contributed by atoms with Gasteiger partial charge in [0, 0.05) is 32.1 Å². The molecule has 2 unspecified atom stereocenters. The van der Waals surface area contributed by atoms with E-state index in [2.05, 4.69) is 5.32 Å². The van der Waals surface area contributed by atoms with Crippen molar-refractivity contribution in [3.8, 4) is 0 Å². The molecule has 0 saturated carbocycles. The van der Waals surface area contributed by atoms with Gasteiger partial charge in [-0.15, -0.1) is 0 Å². The molecule has 2 atom stereocenters. The number of aliphatic hydroxyl groups is 1. The fourth-order valence-electron chi connectivity index (χ4n) is 2.20. The van der Waals surface area contributed by atoms with Crippen LogP contribution in [0.3, 0.4) is 0 Å². The van der Waals surface area contributed by atoms with Crippen molar-refractivity contribution < 1.29 is 15.0 Å². The quantitative estimate of drug-likeness (QED) is 0.737. The second kappa shape index (κ2) is 5.84. The van der Waals surface area contributed by atoms with Gasteiger partial charge in [0.25, 0.3) is 0 Å². The van der Waals surface area contributed by atoms with Crippen LogP contribution in [0, 0.1) is 5.92 Å². The Kier molecular flexibility index (Phi) is 4.17. The Labute approximate surface area is 106 Å². The van der Waals surface area contributed by atoms with E-state index < -0.39 is 12.2 Å². The molecule has 1 saturated heterocycles. The molecule has 1 fully saturated rings. The average Bonchev–Trinajstić information content (AvgIpc) is 2.75. The molecule has 3 N–H and O–H groups in total. The van der Waals surface area contributed by atoms with Crippen LogP contribution in [0.25, 0.3) is 0 Å². The molecule has 2 rings (SSSR count). The number of carbonyl (C=O) groups is 1. The van der Waals surface area contributed by atoms with Gasteiger partial charge in [0.15, 0.2) is 0 Å². The fraction of sp³-hybridized carbons (Fsp3) is 0.462. The van der Waals surface area contributed by atoms with Gasteiger partial charge in [-0.05, 0) is 5.56 Å². The summed E-state index contributed by atoms with van der Waals surface area (Å²) >= 11 is 0. The van der Waals surface area contributed by atoms with Gasteiger partial charge in [-0.1, -0.05) is 30.3 Å². The molecule has 0 aliphatic carbocycles. The van der Waals surface area contributed by atoms with Crippen LogP contribution in [0.4, 0.5) is 4.79 Å². The third-order valence-corrected chi connectivity index (χ3v) is 3.25. The van der Waals surface area contributed by atoms with E-state index in [1.807, 2.05) is 30.3 Å². The Bertz CT molecular complexity index is 396. The monoisotopic (exact) mass is 250 g/mol. The maximum Gasteiger partial charge on any atom is 0.407 e. The summed E-state index contributed by atoms with van der Waals surface area (Å²) in [6.07, 6.45) is -1.40. The number of β-amino-alcohol motifs (C(OH)–C–C–N with tert-alkyl or cyclic N) is 1. The predicted molar refractivity (Wildman–Crippen MR) is 67.2 cm³/mol. The summed E-state index contributed by atoms with van der Waals surface area (Å²) in [5.41, 5.74) is 0.959. The third-order valence-electron chi connectivity index (χ3n) is 3.25. The first kappa shape index (κ1) is 12.9. The third kappa shape index (κ3) is 3.21. The fourth-order valence-corrected chi connectivity index (χ4v) is 2.20. The molecule has 5 nitrogen and oxygen atoms in total. The zero-order valence-electron chi connectivity index (χ0n) is 10.1. The Hall–Kier alpha value is -1.59. The molecule has 1 amide bonds. The van der Waals surface area contributed by atoms with Crippen molar-refractivity contribution in [2.24, 2.45) is 5.92 Å². The van der Waals surface area contributed by atoms with E-state index in [9.17, 15) is 15.0 Å². The summed E-state index contributed by atoms with van der Waals surface area (Å²) in [6.45, 7) is 1.93. The lowest BCUT2D eigenvalue weighted by Gasteiger charge is -2.24. The minimum Gasteiger partial charge on any atom is -0.465 e. The van der Waals surface area contributed by atoms with E-state index in [-0.39, 0.29) is 5.92 Å². The van der Waals surface area contributed by atoms with Gasteiger partial charge in [0.2, 0.25) is 0 Å². The molecule has 0 aromatic heterocycles. The largest absolute Gasteiger partial charge is 0.465 e. The first-order valence-electron chi connectivity index (χ1n) is 6.07. The molecule has 1 aliphatic heterocycles. The number of hydrogen-bond acceptors (Lipinski definition) is 3. The number of carboxylic acid groups (broad SMARTS) is 1. The highest BCUT2D eigenvalue weighted by Crippen LogP contribution is 2.13. The summed E-state index contributed by atoms with van der Waals surface area (Å²) in [5, 5.41) is 22.0. The Morgan fingerprint density at radius 2 is 2.06 bits per heavy atom.